The van der Waals surface area contributed by atoms with Crippen LogP contribution in [0.5, 0.6) is 0 Å². The number of hydrogen-bond acceptors (Lipinski definition) is 3. The van der Waals surface area contributed by atoms with Crippen LogP contribution >= 0.6 is 11.6 Å². The summed E-state index contributed by atoms with van der Waals surface area (Å²) in [5.74, 6) is -0.491. The number of amides is 1. The molecule has 0 fully saturated rings. The van der Waals surface area contributed by atoms with E-state index in [-0.39, 0.29) is 24.1 Å². The van der Waals surface area contributed by atoms with Gasteiger partial charge in [0, 0.05) is 17.5 Å². The fourth-order valence-electron chi connectivity index (χ4n) is 2.59. The van der Waals surface area contributed by atoms with Gasteiger partial charge in [-0.15, -0.1) is 0 Å². The molecule has 1 amide bonds. The maximum Gasteiger partial charge on any atom is 0.417 e. The Hall–Kier alpha value is -2.87. The number of aromatic nitrogens is 2. The predicted molar refractivity (Wildman–Crippen MR) is 95.7 cm³/mol. The molecule has 0 spiro atoms. The number of carbonyl (C=O) groups is 1. The fraction of sp³-hybridized carbons (Fsp3) is 0.167. The molecule has 1 heterocycles. The molecule has 0 atom stereocenters. The van der Waals surface area contributed by atoms with Gasteiger partial charge < -0.3 is 5.32 Å². The van der Waals surface area contributed by atoms with Crippen molar-refractivity contribution in [2.45, 2.75) is 19.1 Å². The molecule has 0 aliphatic carbocycles. The van der Waals surface area contributed by atoms with Gasteiger partial charge >= 0.3 is 6.18 Å². The number of para-hydroxylation sites is 1. The first kappa shape index (κ1) is 18.9. The number of nitrogens with zero attached hydrogens (tertiary/aromatic N) is 2. The molecule has 0 aliphatic rings. The summed E-state index contributed by atoms with van der Waals surface area (Å²) in [5.41, 5.74) is -0.680. The lowest BCUT2D eigenvalue weighted by Crippen LogP contribution is -2.18. The van der Waals surface area contributed by atoms with Crippen LogP contribution in [0.15, 0.2) is 53.5 Å². The topological polar surface area (TPSA) is 64.0 Å². The molecule has 27 heavy (non-hydrogen) atoms. The molecule has 0 saturated carbocycles. The van der Waals surface area contributed by atoms with Crippen molar-refractivity contribution in [3.05, 3.63) is 69.5 Å². The lowest BCUT2D eigenvalue weighted by atomic mass is 10.2. The summed E-state index contributed by atoms with van der Waals surface area (Å²) in [6.07, 6.45) is -3.49. The average molecular weight is 396 g/mol. The Morgan fingerprint density at radius 3 is 2.67 bits per heavy atom. The molecular weight excluding hydrogens is 383 g/mol. The quantitative estimate of drug-likeness (QED) is 0.723. The Kier molecular flexibility index (Phi) is 5.18. The zero-order valence-electron chi connectivity index (χ0n) is 13.8. The predicted octanol–water partition coefficient (Wildman–Crippen LogP) is 4.10. The van der Waals surface area contributed by atoms with Crippen LogP contribution in [0, 0.1) is 0 Å². The van der Waals surface area contributed by atoms with Gasteiger partial charge in [0.25, 0.3) is 0 Å². The molecule has 0 saturated heterocycles. The van der Waals surface area contributed by atoms with Gasteiger partial charge in [0.15, 0.2) is 0 Å². The van der Waals surface area contributed by atoms with Crippen molar-refractivity contribution in [1.82, 2.24) is 9.78 Å². The van der Waals surface area contributed by atoms with E-state index in [1.807, 2.05) is 0 Å². The highest BCUT2D eigenvalue weighted by molar-refractivity contribution is 6.31. The minimum atomic E-state index is -4.61. The second-order valence-electron chi connectivity index (χ2n) is 5.74. The van der Waals surface area contributed by atoms with E-state index in [2.05, 4.69) is 10.4 Å². The molecule has 1 aromatic heterocycles. The molecule has 5 nitrogen and oxygen atoms in total. The van der Waals surface area contributed by atoms with Gasteiger partial charge in [0.05, 0.1) is 28.8 Å². The molecular formula is C18H13ClF3N3O2. The third kappa shape index (κ3) is 4.28. The van der Waals surface area contributed by atoms with Crippen molar-refractivity contribution in [3.63, 3.8) is 0 Å². The first-order valence-electron chi connectivity index (χ1n) is 7.87. The van der Waals surface area contributed by atoms with Gasteiger partial charge in [-0.25, -0.2) is 0 Å². The number of fused-ring (bicyclic) bond motifs is 1. The van der Waals surface area contributed by atoms with Crippen LogP contribution in [0.25, 0.3) is 10.9 Å². The van der Waals surface area contributed by atoms with Crippen LogP contribution in [0.1, 0.15) is 12.0 Å². The van der Waals surface area contributed by atoms with Crippen molar-refractivity contribution < 1.29 is 18.0 Å². The second kappa shape index (κ2) is 7.40. The largest absolute Gasteiger partial charge is 0.417 e. The maximum absolute atomic E-state index is 12.9. The van der Waals surface area contributed by atoms with E-state index in [4.69, 9.17) is 11.6 Å². The SMILES string of the molecule is O=C(CCn1ncc(=O)c2ccccc21)Nc1ccc(Cl)c(C(F)(F)F)c1. The van der Waals surface area contributed by atoms with Crippen molar-refractivity contribution >= 4 is 34.1 Å². The second-order valence-corrected chi connectivity index (χ2v) is 6.15. The van der Waals surface area contributed by atoms with Crippen LogP contribution in [0.3, 0.4) is 0 Å². The van der Waals surface area contributed by atoms with Crippen LogP contribution in [0.4, 0.5) is 18.9 Å². The minimum absolute atomic E-state index is 0.00514. The summed E-state index contributed by atoms with van der Waals surface area (Å²) in [7, 11) is 0. The van der Waals surface area contributed by atoms with Crippen LogP contribution in [-0.2, 0) is 17.5 Å². The van der Waals surface area contributed by atoms with Crippen LogP contribution in [-0.4, -0.2) is 15.7 Å². The fourth-order valence-corrected chi connectivity index (χ4v) is 2.82. The standard InChI is InChI=1S/C18H13ClF3N3O2/c19-14-6-5-11(9-13(14)18(20,21)22)24-17(27)7-8-25-15-4-2-1-3-12(15)16(26)10-23-25/h1-6,9-10H,7-8H2,(H,24,27). The van der Waals surface area contributed by atoms with E-state index in [1.54, 1.807) is 24.3 Å². The van der Waals surface area contributed by atoms with Gasteiger partial charge in [-0.1, -0.05) is 23.7 Å². The van der Waals surface area contributed by atoms with Gasteiger partial charge in [0.1, 0.15) is 0 Å². The first-order chi connectivity index (χ1) is 12.8. The van der Waals surface area contributed by atoms with E-state index in [9.17, 15) is 22.8 Å². The minimum Gasteiger partial charge on any atom is -0.326 e. The van der Waals surface area contributed by atoms with Gasteiger partial charge in [-0.05, 0) is 30.3 Å². The summed E-state index contributed by atoms with van der Waals surface area (Å²) in [6, 6.07) is 9.98. The van der Waals surface area contributed by atoms with Gasteiger partial charge in [-0.2, -0.15) is 18.3 Å². The molecule has 2 aromatic carbocycles. The van der Waals surface area contributed by atoms with E-state index in [0.29, 0.717) is 10.9 Å². The maximum atomic E-state index is 12.9. The third-order valence-electron chi connectivity index (χ3n) is 3.87. The highest BCUT2D eigenvalue weighted by Gasteiger charge is 2.33. The normalized spacial score (nSPS) is 11.6. The van der Waals surface area contributed by atoms with Crippen LogP contribution in [0.2, 0.25) is 5.02 Å². The van der Waals surface area contributed by atoms with Crippen molar-refractivity contribution in [3.8, 4) is 0 Å². The Bertz CT molecular complexity index is 1060. The summed E-state index contributed by atoms with van der Waals surface area (Å²) < 4.78 is 40.1. The van der Waals surface area contributed by atoms with Gasteiger partial charge in [0.2, 0.25) is 11.3 Å². The third-order valence-corrected chi connectivity index (χ3v) is 4.20. The Morgan fingerprint density at radius 2 is 1.93 bits per heavy atom. The van der Waals surface area contributed by atoms with E-state index >= 15 is 0 Å². The van der Waals surface area contributed by atoms with Crippen molar-refractivity contribution in [2.24, 2.45) is 0 Å². The van der Waals surface area contributed by atoms with Crippen LogP contribution < -0.4 is 10.7 Å². The molecule has 140 valence electrons. The Labute approximate surface area is 156 Å². The number of carbonyl (C=O) groups excluding carboxylic acids is 1. The number of benzene rings is 2. The monoisotopic (exact) mass is 395 g/mol. The summed E-state index contributed by atoms with van der Waals surface area (Å²) in [4.78, 5) is 23.9. The lowest BCUT2D eigenvalue weighted by Gasteiger charge is -2.12. The average Bonchev–Trinajstić information content (AvgIpc) is 2.62. The number of alkyl halides is 3. The number of anilines is 1. The molecule has 3 aromatic rings. The lowest BCUT2D eigenvalue weighted by molar-refractivity contribution is -0.137. The molecule has 1 N–H and O–H groups in total. The summed E-state index contributed by atoms with van der Waals surface area (Å²) in [6.45, 7) is 0.159. The molecule has 0 unspecified atom stereocenters. The zero-order chi connectivity index (χ0) is 19.6. The zero-order valence-corrected chi connectivity index (χ0v) is 14.5. The number of rotatable bonds is 4. The highest BCUT2D eigenvalue weighted by atomic mass is 35.5. The number of aryl methyl sites for hydroxylation is 1. The van der Waals surface area contributed by atoms with E-state index in [1.165, 1.54) is 10.7 Å². The first-order valence-corrected chi connectivity index (χ1v) is 8.25. The molecule has 9 heteroatoms. The molecule has 3 rings (SSSR count). The summed E-state index contributed by atoms with van der Waals surface area (Å²) >= 11 is 5.56. The van der Waals surface area contributed by atoms with Crippen molar-refractivity contribution in [2.75, 3.05) is 5.32 Å². The number of hydrogen-bond donors (Lipinski definition) is 1. The van der Waals surface area contributed by atoms with E-state index < -0.39 is 22.7 Å². The molecule has 0 bridgehead atoms. The molecule has 0 aliphatic heterocycles. The number of nitrogens with one attached hydrogen (secondary N) is 1. The van der Waals surface area contributed by atoms with Crippen molar-refractivity contribution in [1.29, 1.82) is 0 Å². The smallest absolute Gasteiger partial charge is 0.326 e. The molecule has 0 radical (unpaired) electrons. The highest BCUT2D eigenvalue weighted by Crippen LogP contribution is 2.36. The Morgan fingerprint density at radius 1 is 1.19 bits per heavy atom. The van der Waals surface area contributed by atoms with E-state index in [0.717, 1.165) is 18.3 Å². The number of halogens is 4. The Balaban J connectivity index is 1.73. The summed E-state index contributed by atoms with van der Waals surface area (Å²) in [5, 5.41) is 6.44. The van der Waals surface area contributed by atoms with Gasteiger partial charge in [-0.3, -0.25) is 14.3 Å².